The van der Waals surface area contributed by atoms with E-state index in [0.717, 1.165) is 5.94 Å². The predicted molar refractivity (Wildman–Crippen MR) is 27.4 cm³/mol. The van der Waals surface area contributed by atoms with Crippen LogP contribution in [0, 0.1) is 0 Å². The molecule has 0 amide bonds. The zero-order valence-corrected chi connectivity index (χ0v) is 4.50. The van der Waals surface area contributed by atoms with E-state index in [1.807, 2.05) is 0 Å². The van der Waals surface area contributed by atoms with Gasteiger partial charge in [0.25, 0.3) is 0 Å². The second kappa shape index (κ2) is 3.80. The van der Waals surface area contributed by atoms with Crippen LogP contribution in [0.15, 0.2) is 6.08 Å². The van der Waals surface area contributed by atoms with Crippen LogP contribution in [0.5, 0.6) is 0 Å². The van der Waals surface area contributed by atoms with Gasteiger partial charge in [-0.25, -0.2) is 9.18 Å². The molecule has 0 aromatic heterocycles. The van der Waals surface area contributed by atoms with E-state index in [2.05, 4.69) is 0 Å². The third-order valence-corrected chi connectivity index (χ3v) is 0.619. The van der Waals surface area contributed by atoms with Crippen LogP contribution in [0.25, 0.3) is 0 Å². The molecule has 0 saturated carbocycles. The molecule has 0 aliphatic rings. The Balaban J connectivity index is 3.62. The summed E-state index contributed by atoms with van der Waals surface area (Å²) in [5, 5.41) is 7.92. The Morgan fingerprint density at radius 3 is 2.78 bits per heavy atom. The third-order valence-electron chi connectivity index (χ3n) is 0.619. The number of carbonyl (C=O) groups excluding carboxylic acids is 1. The van der Waals surface area contributed by atoms with E-state index >= 15 is 0 Å². The highest BCUT2D eigenvalue weighted by Crippen LogP contribution is 1.96. The van der Waals surface area contributed by atoms with E-state index in [1.54, 1.807) is 0 Å². The lowest BCUT2D eigenvalue weighted by atomic mass is 10.3. The van der Waals surface area contributed by atoms with Gasteiger partial charge in [0.1, 0.15) is 12.1 Å². The molecular weight excluding hydrogens is 127 g/mol. The van der Waals surface area contributed by atoms with Crippen LogP contribution in [-0.4, -0.2) is 23.2 Å². The molecule has 0 heterocycles. The van der Waals surface area contributed by atoms with Crippen LogP contribution in [-0.2, 0) is 9.59 Å². The number of carbonyl (C=O) groups is 1. The molecule has 3 nitrogen and oxygen atoms in total. The van der Waals surface area contributed by atoms with Gasteiger partial charge in [-0.1, -0.05) is 0 Å². The van der Waals surface area contributed by atoms with E-state index < -0.39 is 18.6 Å². The van der Waals surface area contributed by atoms with Gasteiger partial charge in [-0.15, -0.1) is 0 Å². The number of halogens is 1. The van der Waals surface area contributed by atoms with Gasteiger partial charge < -0.3 is 5.11 Å². The average Bonchev–Trinajstić information content (AvgIpc) is 1.63. The molecule has 9 heavy (non-hydrogen) atoms. The lowest BCUT2D eigenvalue weighted by Gasteiger charge is -1.91. The molecule has 0 spiro atoms. The highest BCUT2D eigenvalue weighted by atomic mass is 19.1. The van der Waals surface area contributed by atoms with E-state index in [1.165, 1.54) is 0 Å². The van der Waals surface area contributed by atoms with Crippen LogP contribution in [0.3, 0.4) is 0 Å². The Bertz CT molecular complexity index is 148. The van der Waals surface area contributed by atoms with Crippen molar-refractivity contribution in [2.45, 2.75) is 12.6 Å². The summed E-state index contributed by atoms with van der Waals surface area (Å²) >= 11 is 0. The van der Waals surface area contributed by atoms with Gasteiger partial charge in [-0.3, -0.25) is 4.79 Å². The number of aliphatic carboxylic acids is 1. The standard InChI is InChI=1S/C5H5FO3/c6-4(1-2-7)3-5(8)9/h1,4H,3H2,(H,8,9). The van der Waals surface area contributed by atoms with Gasteiger partial charge in [-0.05, 0) is 0 Å². The predicted octanol–water partition coefficient (Wildman–Crippen LogP) is 0.187. The van der Waals surface area contributed by atoms with Crippen LogP contribution < -0.4 is 0 Å². The SMILES string of the molecule is O=C=CC(F)CC(=O)O. The fourth-order valence-corrected chi connectivity index (χ4v) is 0.300. The van der Waals surface area contributed by atoms with Crippen molar-refractivity contribution in [1.29, 1.82) is 0 Å². The summed E-state index contributed by atoms with van der Waals surface area (Å²) in [5.41, 5.74) is 0. The Kier molecular flexibility index (Phi) is 3.32. The first-order chi connectivity index (χ1) is 4.16. The minimum Gasteiger partial charge on any atom is -0.481 e. The molecule has 1 unspecified atom stereocenters. The van der Waals surface area contributed by atoms with Gasteiger partial charge >= 0.3 is 5.97 Å². The number of carboxylic acid groups (broad SMARTS) is 1. The van der Waals surface area contributed by atoms with Crippen molar-refractivity contribution in [2.75, 3.05) is 0 Å². The minimum absolute atomic E-state index is 0.536. The maximum absolute atomic E-state index is 12.0. The molecule has 4 heteroatoms. The summed E-state index contributed by atoms with van der Waals surface area (Å²) in [4.78, 5) is 19.1. The molecular formula is C5H5FO3. The Morgan fingerprint density at radius 2 is 2.44 bits per heavy atom. The van der Waals surface area contributed by atoms with Crippen LogP contribution in [0.4, 0.5) is 4.39 Å². The topological polar surface area (TPSA) is 54.4 Å². The van der Waals surface area contributed by atoms with E-state index in [9.17, 15) is 14.0 Å². The summed E-state index contributed by atoms with van der Waals surface area (Å²) in [6, 6.07) is 0. The Hall–Kier alpha value is -1.15. The van der Waals surface area contributed by atoms with Crippen molar-refractivity contribution in [1.82, 2.24) is 0 Å². The Labute approximate surface area is 50.8 Å². The summed E-state index contributed by atoms with van der Waals surface area (Å²) in [7, 11) is 0. The highest BCUT2D eigenvalue weighted by molar-refractivity contribution is 5.68. The molecule has 1 atom stereocenters. The van der Waals surface area contributed by atoms with Crippen molar-refractivity contribution < 1.29 is 19.1 Å². The lowest BCUT2D eigenvalue weighted by molar-refractivity contribution is -0.137. The third kappa shape index (κ3) is 4.71. The highest BCUT2D eigenvalue weighted by Gasteiger charge is 2.06. The summed E-state index contributed by atoms with van der Waals surface area (Å²) < 4.78 is 12.0. The number of hydrogen-bond acceptors (Lipinski definition) is 2. The van der Waals surface area contributed by atoms with Crippen LogP contribution >= 0.6 is 0 Å². The smallest absolute Gasteiger partial charge is 0.306 e. The summed E-state index contributed by atoms with van der Waals surface area (Å²) in [6.45, 7) is 0. The molecule has 0 fully saturated rings. The van der Waals surface area contributed by atoms with Crippen molar-refractivity contribution in [3.63, 3.8) is 0 Å². The van der Waals surface area contributed by atoms with Crippen LogP contribution in [0.1, 0.15) is 6.42 Å². The summed E-state index contributed by atoms with van der Waals surface area (Å²) in [6.07, 6.45) is -1.84. The van der Waals surface area contributed by atoms with Crippen molar-refractivity contribution in [3.05, 3.63) is 6.08 Å². The number of alkyl halides is 1. The molecule has 0 aliphatic carbocycles. The monoisotopic (exact) mass is 132 g/mol. The molecule has 0 aliphatic heterocycles. The van der Waals surface area contributed by atoms with E-state index in [4.69, 9.17) is 5.11 Å². The molecule has 0 saturated heterocycles. The normalized spacial score (nSPS) is 11.7. The molecule has 1 N–H and O–H groups in total. The quantitative estimate of drug-likeness (QED) is 0.557. The Morgan fingerprint density at radius 1 is 1.89 bits per heavy atom. The number of hydrogen-bond donors (Lipinski definition) is 1. The number of carboxylic acids is 1. The lowest BCUT2D eigenvalue weighted by Crippen LogP contribution is -2.04. The maximum atomic E-state index is 12.0. The van der Waals surface area contributed by atoms with Gasteiger partial charge in [0.15, 0.2) is 0 Å². The molecule has 0 rings (SSSR count). The largest absolute Gasteiger partial charge is 0.481 e. The van der Waals surface area contributed by atoms with Gasteiger partial charge in [0, 0.05) is 6.08 Å². The van der Waals surface area contributed by atoms with E-state index in [0.29, 0.717) is 6.08 Å². The fraction of sp³-hybridized carbons (Fsp3) is 0.400. The van der Waals surface area contributed by atoms with Gasteiger partial charge in [0.2, 0.25) is 0 Å². The minimum atomic E-state index is -1.71. The van der Waals surface area contributed by atoms with E-state index in [-0.39, 0.29) is 0 Å². The molecule has 0 radical (unpaired) electrons. The molecule has 0 aromatic rings. The van der Waals surface area contributed by atoms with Crippen molar-refractivity contribution in [2.24, 2.45) is 0 Å². The second-order valence-electron chi connectivity index (χ2n) is 1.40. The van der Waals surface area contributed by atoms with Gasteiger partial charge in [0.05, 0.1) is 6.42 Å². The first-order valence-corrected chi connectivity index (χ1v) is 2.23. The second-order valence-corrected chi connectivity index (χ2v) is 1.40. The average molecular weight is 132 g/mol. The fourth-order valence-electron chi connectivity index (χ4n) is 0.300. The maximum Gasteiger partial charge on any atom is 0.306 e. The van der Waals surface area contributed by atoms with Crippen molar-refractivity contribution >= 4 is 11.9 Å². The van der Waals surface area contributed by atoms with Crippen molar-refractivity contribution in [3.8, 4) is 0 Å². The molecule has 0 aromatic carbocycles. The molecule has 50 valence electrons. The number of rotatable bonds is 3. The van der Waals surface area contributed by atoms with Crippen LogP contribution in [0.2, 0.25) is 0 Å². The van der Waals surface area contributed by atoms with Gasteiger partial charge in [-0.2, -0.15) is 0 Å². The number of allylic oxidation sites excluding steroid dienone is 1. The first-order valence-electron chi connectivity index (χ1n) is 2.23. The first kappa shape index (κ1) is 7.85. The zero-order valence-electron chi connectivity index (χ0n) is 4.50. The zero-order chi connectivity index (χ0) is 7.28. The summed E-state index contributed by atoms with van der Waals surface area (Å²) in [5.74, 6) is -0.110. The molecule has 0 bridgehead atoms.